The average molecular weight is 415 g/mol. The summed E-state index contributed by atoms with van der Waals surface area (Å²) in [5.41, 5.74) is 1.10. The van der Waals surface area contributed by atoms with Crippen LogP contribution in [0.4, 0.5) is 0 Å². The lowest BCUT2D eigenvalue weighted by Crippen LogP contribution is -2.42. The summed E-state index contributed by atoms with van der Waals surface area (Å²) in [6.45, 7) is 7.54. The molecule has 30 heavy (non-hydrogen) atoms. The van der Waals surface area contributed by atoms with Crippen molar-refractivity contribution in [1.82, 2.24) is 15.5 Å². The Balaban J connectivity index is 1.60. The molecule has 0 radical (unpaired) electrons. The standard InChI is InChI=1S/C23H34N4O3/c1-3-24-23(25-17-19-8-6-9-20(16-19)29-15-14-28-2)26-18-21(22-10-7-13-30-22)27-11-4-5-12-27/h6-10,13,16,21H,3-5,11-12,14-15,17-18H2,1-2H3,(H2,24,25,26). The molecule has 1 aromatic heterocycles. The highest BCUT2D eigenvalue weighted by Crippen LogP contribution is 2.24. The van der Waals surface area contributed by atoms with Crippen LogP contribution in [0, 0.1) is 0 Å². The number of methoxy groups -OCH3 is 1. The number of rotatable bonds is 11. The van der Waals surface area contributed by atoms with Crippen molar-refractivity contribution in [2.45, 2.75) is 32.4 Å². The minimum absolute atomic E-state index is 0.212. The van der Waals surface area contributed by atoms with E-state index in [-0.39, 0.29) is 6.04 Å². The van der Waals surface area contributed by atoms with Crippen LogP contribution in [0.1, 0.15) is 37.1 Å². The number of nitrogens with one attached hydrogen (secondary N) is 2. The van der Waals surface area contributed by atoms with Crippen molar-refractivity contribution in [3.63, 3.8) is 0 Å². The fourth-order valence-electron chi connectivity index (χ4n) is 3.63. The molecule has 2 heterocycles. The van der Waals surface area contributed by atoms with E-state index in [0.29, 0.717) is 19.8 Å². The lowest BCUT2D eigenvalue weighted by atomic mass is 10.2. The third kappa shape index (κ3) is 6.78. The molecule has 1 aromatic carbocycles. The van der Waals surface area contributed by atoms with Crippen LogP contribution in [0.25, 0.3) is 0 Å². The second kappa shape index (κ2) is 12.2. The Morgan fingerprint density at radius 3 is 2.77 bits per heavy atom. The molecule has 1 atom stereocenters. The van der Waals surface area contributed by atoms with Crippen LogP contribution < -0.4 is 15.4 Å². The van der Waals surface area contributed by atoms with E-state index in [2.05, 4.69) is 34.6 Å². The van der Waals surface area contributed by atoms with Crippen LogP contribution in [0.2, 0.25) is 0 Å². The SMILES string of the molecule is CCNC(=NCc1cccc(OCCOC)c1)NCC(c1ccco1)N1CCCC1. The summed E-state index contributed by atoms with van der Waals surface area (Å²) < 4.78 is 16.5. The van der Waals surface area contributed by atoms with Gasteiger partial charge >= 0.3 is 0 Å². The molecule has 3 rings (SSSR count). The summed E-state index contributed by atoms with van der Waals surface area (Å²) >= 11 is 0. The minimum Gasteiger partial charge on any atom is -0.491 e. The Bertz CT molecular complexity index is 758. The van der Waals surface area contributed by atoms with E-state index in [1.165, 1.54) is 12.8 Å². The summed E-state index contributed by atoms with van der Waals surface area (Å²) in [5.74, 6) is 2.64. The van der Waals surface area contributed by atoms with Gasteiger partial charge in [-0.1, -0.05) is 12.1 Å². The number of aliphatic imine (C=N–C) groups is 1. The van der Waals surface area contributed by atoms with E-state index in [0.717, 1.165) is 49.2 Å². The quantitative estimate of drug-likeness (QED) is 0.334. The highest BCUT2D eigenvalue weighted by molar-refractivity contribution is 5.79. The van der Waals surface area contributed by atoms with Gasteiger partial charge in [-0.2, -0.15) is 0 Å². The summed E-state index contributed by atoms with van der Waals surface area (Å²) in [5, 5.41) is 6.84. The highest BCUT2D eigenvalue weighted by atomic mass is 16.5. The van der Waals surface area contributed by atoms with Crippen LogP contribution in [-0.2, 0) is 11.3 Å². The molecule has 7 nitrogen and oxygen atoms in total. The Morgan fingerprint density at radius 1 is 1.17 bits per heavy atom. The first kappa shape index (κ1) is 22.2. The normalized spacial score (nSPS) is 15.9. The first-order valence-electron chi connectivity index (χ1n) is 10.8. The van der Waals surface area contributed by atoms with Gasteiger partial charge in [-0.3, -0.25) is 4.90 Å². The Hall–Kier alpha value is -2.51. The molecular formula is C23H34N4O3. The second-order valence-electron chi connectivity index (χ2n) is 7.34. The maximum Gasteiger partial charge on any atom is 0.191 e. The van der Waals surface area contributed by atoms with E-state index in [1.807, 2.05) is 24.3 Å². The van der Waals surface area contributed by atoms with E-state index < -0.39 is 0 Å². The van der Waals surface area contributed by atoms with Crippen molar-refractivity contribution in [3.05, 3.63) is 54.0 Å². The van der Waals surface area contributed by atoms with Crippen LogP contribution in [0.3, 0.4) is 0 Å². The summed E-state index contributed by atoms with van der Waals surface area (Å²) in [7, 11) is 1.67. The van der Waals surface area contributed by atoms with Crippen molar-refractivity contribution >= 4 is 5.96 Å². The largest absolute Gasteiger partial charge is 0.491 e. The van der Waals surface area contributed by atoms with Crippen molar-refractivity contribution in [2.24, 2.45) is 4.99 Å². The Labute approximate surface area is 179 Å². The monoisotopic (exact) mass is 414 g/mol. The van der Waals surface area contributed by atoms with Gasteiger partial charge in [0.15, 0.2) is 5.96 Å². The molecule has 1 fully saturated rings. The van der Waals surface area contributed by atoms with E-state index in [9.17, 15) is 0 Å². The number of benzene rings is 1. The number of likely N-dealkylation sites (tertiary alicyclic amines) is 1. The molecule has 164 valence electrons. The average Bonchev–Trinajstić information content (AvgIpc) is 3.48. The lowest BCUT2D eigenvalue weighted by Gasteiger charge is -2.26. The van der Waals surface area contributed by atoms with E-state index >= 15 is 0 Å². The number of hydrogen-bond acceptors (Lipinski definition) is 5. The molecule has 2 aromatic rings. The highest BCUT2D eigenvalue weighted by Gasteiger charge is 2.25. The zero-order valence-corrected chi connectivity index (χ0v) is 18.1. The van der Waals surface area contributed by atoms with Gasteiger partial charge in [-0.05, 0) is 62.7 Å². The third-order valence-corrected chi connectivity index (χ3v) is 5.13. The van der Waals surface area contributed by atoms with Gasteiger partial charge in [0, 0.05) is 20.2 Å². The molecule has 0 aliphatic carbocycles. The first-order valence-corrected chi connectivity index (χ1v) is 10.8. The molecule has 0 saturated carbocycles. The molecule has 1 aliphatic heterocycles. The molecule has 1 saturated heterocycles. The van der Waals surface area contributed by atoms with Gasteiger partial charge in [-0.15, -0.1) is 0 Å². The topological polar surface area (TPSA) is 71.3 Å². The van der Waals surface area contributed by atoms with Crippen molar-refractivity contribution in [1.29, 1.82) is 0 Å². The summed E-state index contributed by atoms with van der Waals surface area (Å²) in [4.78, 5) is 7.25. The van der Waals surface area contributed by atoms with Gasteiger partial charge < -0.3 is 24.5 Å². The number of nitrogens with zero attached hydrogens (tertiary/aromatic N) is 2. The first-order chi connectivity index (χ1) is 14.8. The molecule has 0 bridgehead atoms. The predicted molar refractivity (Wildman–Crippen MR) is 119 cm³/mol. The Morgan fingerprint density at radius 2 is 2.03 bits per heavy atom. The fraction of sp³-hybridized carbons (Fsp3) is 0.522. The predicted octanol–water partition coefficient (Wildman–Crippen LogP) is 3.20. The Kier molecular flexibility index (Phi) is 9.05. The van der Waals surface area contributed by atoms with Gasteiger partial charge in [0.25, 0.3) is 0 Å². The van der Waals surface area contributed by atoms with Crippen LogP contribution in [0.15, 0.2) is 52.1 Å². The molecule has 2 N–H and O–H groups in total. The maximum absolute atomic E-state index is 5.72. The number of hydrogen-bond donors (Lipinski definition) is 2. The molecule has 0 amide bonds. The van der Waals surface area contributed by atoms with Crippen molar-refractivity contribution in [2.75, 3.05) is 46.5 Å². The van der Waals surface area contributed by atoms with Gasteiger partial charge in [0.05, 0.1) is 25.5 Å². The smallest absolute Gasteiger partial charge is 0.191 e. The number of furan rings is 1. The molecule has 0 spiro atoms. The van der Waals surface area contributed by atoms with Crippen molar-refractivity contribution in [3.8, 4) is 5.75 Å². The van der Waals surface area contributed by atoms with Crippen LogP contribution >= 0.6 is 0 Å². The number of ether oxygens (including phenoxy) is 2. The zero-order chi connectivity index (χ0) is 21.0. The van der Waals surface area contributed by atoms with E-state index in [4.69, 9.17) is 18.9 Å². The number of guanidine groups is 1. The van der Waals surface area contributed by atoms with Crippen molar-refractivity contribution < 1.29 is 13.9 Å². The minimum atomic E-state index is 0.212. The van der Waals surface area contributed by atoms with Crippen LogP contribution in [0.5, 0.6) is 5.75 Å². The molecule has 7 heteroatoms. The second-order valence-corrected chi connectivity index (χ2v) is 7.34. The molecular weight excluding hydrogens is 380 g/mol. The maximum atomic E-state index is 5.72. The summed E-state index contributed by atoms with van der Waals surface area (Å²) in [6, 6.07) is 12.3. The molecule has 1 unspecified atom stereocenters. The fourth-order valence-corrected chi connectivity index (χ4v) is 3.63. The summed E-state index contributed by atoms with van der Waals surface area (Å²) in [6.07, 6.45) is 4.24. The molecule has 1 aliphatic rings. The zero-order valence-electron chi connectivity index (χ0n) is 18.1. The lowest BCUT2D eigenvalue weighted by molar-refractivity contribution is 0.146. The van der Waals surface area contributed by atoms with E-state index in [1.54, 1.807) is 13.4 Å². The van der Waals surface area contributed by atoms with Gasteiger partial charge in [0.2, 0.25) is 0 Å². The van der Waals surface area contributed by atoms with Gasteiger partial charge in [0.1, 0.15) is 18.1 Å². The van der Waals surface area contributed by atoms with Crippen LogP contribution in [-0.4, -0.2) is 57.4 Å². The van der Waals surface area contributed by atoms with Gasteiger partial charge in [-0.25, -0.2) is 4.99 Å². The third-order valence-electron chi connectivity index (χ3n) is 5.13.